The molecule has 0 heterocycles. The largest absolute Gasteiger partial charge is 0.325 e. The van der Waals surface area contributed by atoms with E-state index >= 15 is 0 Å². The number of carbonyl (C=O) groups excluding carboxylic acids is 2. The number of rotatable bonds is 6. The van der Waals surface area contributed by atoms with Crippen LogP contribution in [-0.4, -0.2) is 29.9 Å². The molecule has 0 aliphatic heterocycles. The molecule has 24 heavy (non-hydrogen) atoms. The molecule has 2 aromatic rings. The van der Waals surface area contributed by atoms with Crippen molar-refractivity contribution >= 4 is 35.0 Å². The fourth-order valence-corrected chi connectivity index (χ4v) is 2.83. The van der Waals surface area contributed by atoms with Gasteiger partial charge in [-0.15, -0.1) is 11.8 Å². The van der Waals surface area contributed by atoms with Crippen LogP contribution in [0.1, 0.15) is 6.92 Å². The van der Waals surface area contributed by atoms with Crippen LogP contribution >= 0.6 is 11.8 Å². The average molecular weight is 346 g/mol. The number of para-hydroxylation sites is 1. The molecule has 0 aliphatic rings. The molecule has 1 unspecified atom stereocenters. The van der Waals surface area contributed by atoms with Gasteiger partial charge >= 0.3 is 0 Å². The first-order valence-corrected chi connectivity index (χ1v) is 8.52. The zero-order chi connectivity index (χ0) is 17.5. The molecule has 4 nitrogen and oxygen atoms in total. The second kappa shape index (κ2) is 8.49. The van der Waals surface area contributed by atoms with Gasteiger partial charge in [0, 0.05) is 18.4 Å². The second-order valence-corrected chi connectivity index (χ2v) is 6.57. The van der Waals surface area contributed by atoms with Crippen LogP contribution in [0, 0.1) is 5.82 Å². The topological polar surface area (TPSA) is 49.4 Å². The lowest BCUT2D eigenvalue weighted by Gasteiger charge is -2.21. The SMILES string of the molecule is CC(SCC(=O)Nc1ccc(F)cc1)C(=O)N(C)c1ccccc1. The minimum Gasteiger partial charge on any atom is -0.325 e. The van der Waals surface area contributed by atoms with Gasteiger partial charge in [-0.3, -0.25) is 9.59 Å². The Morgan fingerprint density at radius 1 is 1.12 bits per heavy atom. The molecule has 6 heteroatoms. The van der Waals surface area contributed by atoms with Crippen LogP contribution in [0.2, 0.25) is 0 Å². The Morgan fingerprint density at radius 2 is 1.75 bits per heavy atom. The fourth-order valence-electron chi connectivity index (χ4n) is 2.05. The summed E-state index contributed by atoms with van der Waals surface area (Å²) < 4.78 is 12.8. The third kappa shape index (κ3) is 5.09. The van der Waals surface area contributed by atoms with Crippen LogP contribution in [0.3, 0.4) is 0 Å². The monoisotopic (exact) mass is 346 g/mol. The van der Waals surface area contributed by atoms with E-state index in [0.717, 1.165) is 5.69 Å². The highest BCUT2D eigenvalue weighted by Gasteiger charge is 2.20. The van der Waals surface area contributed by atoms with Crippen molar-refractivity contribution in [2.24, 2.45) is 0 Å². The molecule has 2 aromatic carbocycles. The van der Waals surface area contributed by atoms with Crippen LogP contribution in [0.5, 0.6) is 0 Å². The molecule has 126 valence electrons. The van der Waals surface area contributed by atoms with E-state index in [9.17, 15) is 14.0 Å². The van der Waals surface area contributed by atoms with Gasteiger partial charge in [-0.05, 0) is 43.3 Å². The molecule has 0 bridgehead atoms. The Kier molecular flexibility index (Phi) is 6.37. The molecule has 1 atom stereocenters. The Bertz CT molecular complexity index is 692. The molecule has 0 saturated heterocycles. The van der Waals surface area contributed by atoms with Crippen molar-refractivity contribution in [1.29, 1.82) is 0 Å². The maximum atomic E-state index is 12.8. The van der Waals surface area contributed by atoms with Crippen LogP contribution in [0.15, 0.2) is 54.6 Å². The van der Waals surface area contributed by atoms with Gasteiger partial charge in [0.25, 0.3) is 0 Å². The van der Waals surface area contributed by atoms with Crippen LogP contribution in [0.4, 0.5) is 15.8 Å². The number of nitrogens with one attached hydrogen (secondary N) is 1. The van der Waals surface area contributed by atoms with E-state index in [-0.39, 0.29) is 28.6 Å². The number of hydrogen-bond donors (Lipinski definition) is 1. The summed E-state index contributed by atoms with van der Waals surface area (Å²) in [4.78, 5) is 25.9. The standard InChI is InChI=1S/C18H19FN2O2S/c1-13(18(23)21(2)16-6-4-3-5-7-16)24-12-17(22)20-15-10-8-14(19)9-11-15/h3-11,13H,12H2,1-2H3,(H,20,22). The van der Waals surface area contributed by atoms with Crippen molar-refractivity contribution in [2.75, 3.05) is 23.0 Å². The molecule has 2 amide bonds. The summed E-state index contributed by atoms with van der Waals surface area (Å²) in [5.74, 6) is -0.507. The molecular formula is C18H19FN2O2S. The van der Waals surface area contributed by atoms with E-state index < -0.39 is 0 Å². The number of benzene rings is 2. The van der Waals surface area contributed by atoms with E-state index in [1.807, 2.05) is 30.3 Å². The third-order valence-electron chi connectivity index (χ3n) is 3.41. The highest BCUT2D eigenvalue weighted by molar-refractivity contribution is 8.01. The summed E-state index contributed by atoms with van der Waals surface area (Å²) in [6, 6.07) is 14.9. The van der Waals surface area contributed by atoms with E-state index in [4.69, 9.17) is 0 Å². The van der Waals surface area contributed by atoms with Gasteiger partial charge < -0.3 is 10.2 Å². The van der Waals surface area contributed by atoms with Crippen LogP contribution in [-0.2, 0) is 9.59 Å². The van der Waals surface area contributed by atoms with Gasteiger partial charge in [0.05, 0.1) is 11.0 Å². The zero-order valence-corrected chi connectivity index (χ0v) is 14.3. The third-order valence-corrected chi connectivity index (χ3v) is 4.54. The fraction of sp³-hybridized carbons (Fsp3) is 0.222. The van der Waals surface area contributed by atoms with Crippen molar-refractivity contribution < 1.29 is 14.0 Å². The average Bonchev–Trinajstić information content (AvgIpc) is 2.61. The van der Waals surface area contributed by atoms with Gasteiger partial charge in [-0.2, -0.15) is 0 Å². The van der Waals surface area contributed by atoms with Crippen molar-refractivity contribution in [2.45, 2.75) is 12.2 Å². The minimum absolute atomic E-state index is 0.0687. The first-order valence-electron chi connectivity index (χ1n) is 7.47. The summed E-state index contributed by atoms with van der Waals surface area (Å²) in [6.45, 7) is 1.78. The normalized spacial score (nSPS) is 11.6. The predicted octanol–water partition coefficient (Wildman–Crippen LogP) is 3.55. The first kappa shape index (κ1) is 18.0. The number of nitrogens with zero attached hydrogens (tertiary/aromatic N) is 1. The predicted molar refractivity (Wildman–Crippen MR) is 96.8 cm³/mol. The molecule has 0 aromatic heterocycles. The Labute approximate surface area is 145 Å². The van der Waals surface area contributed by atoms with Gasteiger partial charge in [0.2, 0.25) is 11.8 Å². The van der Waals surface area contributed by atoms with E-state index in [1.165, 1.54) is 36.0 Å². The molecular weight excluding hydrogens is 327 g/mol. The van der Waals surface area contributed by atoms with Crippen LogP contribution in [0.25, 0.3) is 0 Å². The molecule has 0 fully saturated rings. The zero-order valence-electron chi connectivity index (χ0n) is 13.5. The first-order chi connectivity index (χ1) is 11.5. The van der Waals surface area contributed by atoms with Gasteiger partial charge in [-0.25, -0.2) is 4.39 Å². The number of carbonyl (C=O) groups is 2. The number of thioether (sulfide) groups is 1. The molecule has 1 N–H and O–H groups in total. The lowest BCUT2D eigenvalue weighted by molar-refractivity contribution is -0.117. The summed E-state index contributed by atoms with van der Waals surface area (Å²) in [5.41, 5.74) is 1.34. The quantitative estimate of drug-likeness (QED) is 0.870. The number of halogens is 1. The van der Waals surface area contributed by atoms with E-state index in [0.29, 0.717) is 5.69 Å². The summed E-state index contributed by atoms with van der Waals surface area (Å²) in [5, 5.41) is 2.32. The van der Waals surface area contributed by atoms with Crippen molar-refractivity contribution in [3.63, 3.8) is 0 Å². The van der Waals surface area contributed by atoms with Gasteiger partial charge in [0.1, 0.15) is 5.82 Å². The lowest BCUT2D eigenvalue weighted by Crippen LogP contribution is -2.34. The minimum atomic E-state index is -0.356. The Hall–Kier alpha value is -2.34. The number of hydrogen-bond acceptors (Lipinski definition) is 3. The smallest absolute Gasteiger partial charge is 0.239 e. The van der Waals surface area contributed by atoms with E-state index in [1.54, 1.807) is 18.9 Å². The number of anilines is 2. The summed E-state index contributed by atoms with van der Waals surface area (Å²) >= 11 is 1.26. The summed E-state index contributed by atoms with van der Waals surface area (Å²) in [6.07, 6.45) is 0. The molecule has 0 radical (unpaired) electrons. The molecule has 0 spiro atoms. The summed E-state index contributed by atoms with van der Waals surface area (Å²) in [7, 11) is 1.72. The Balaban J connectivity index is 1.83. The number of amides is 2. The lowest BCUT2D eigenvalue weighted by atomic mass is 10.3. The van der Waals surface area contributed by atoms with Crippen molar-refractivity contribution in [3.8, 4) is 0 Å². The highest BCUT2D eigenvalue weighted by Crippen LogP contribution is 2.18. The Morgan fingerprint density at radius 3 is 2.38 bits per heavy atom. The van der Waals surface area contributed by atoms with Crippen LogP contribution < -0.4 is 10.2 Å². The highest BCUT2D eigenvalue weighted by atomic mass is 32.2. The maximum absolute atomic E-state index is 12.8. The van der Waals surface area contributed by atoms with Gasteiger partial charge in [0.15, 0.2) is 0 Å². The maximum Gasteiger partial charge on any atom is 0.239 e. The van der Waals surface area contributed by atoms with Crippen molar-refractivity contribution in [1.82, 2.24) is 0 Å². The van der Waals surface area contributed by atoms with Crippen molar-refractivity contribution in [3.05, 3.63) is 60.4 Å². The molecule has 2 rings (SSSR count). The van der Waals surface area contributed by atoms with E-state index in [2.05, 4.69) is 5.32 Å². The van der Waals surface area contributed by atoms with Gasteiger partial charge in [-0.1, -0.05) is 18.2 Å². The molecule has 0 saturated carbocycles. The molecule has 0 aliphatic carbocycles. The second-order valence-electron chi connectivity index (χ2n) is 5.24.